The molecular formula is C12H26N2O3S. The van der Waals surface area contributed by atoms with Crippen LogP contribution in [0.25, 0.3) is 0 Å². The van der Waals surface area contributed by atoms with Gasteiger partial charge in [0.05, 0.1) is 5.75 Å². The average Bonchev–Trinajstić information content (AvgIpc) is 2.29. The molecule has 0 aliphatic carbocycles. The summed E-state index contributed by atoms with van der Waals surface area (Å²) in [5.74, 6) is 0.212. The molecule has 0 bridgehead atoms. The maximum absolute atomic E-state index is 12.0. The van der Waals surface area contributed by atoms with Crippen molar-refractivity contribution >= 4 is 15.7 Å². The third-order valence-electron chi connectivity index (χ3n) is 2.95. The van der Waals surface area contributed by atoms with Gasteiger partial charge >= 0.3 is 0 Å². The Balaban J connectivity index is 4.43. The Morgan fingerprint density at radius 3 is 2.39 bits per heavy atom. The standard InChI is InChI=1S/C12H26N2O3S/c1-5-14(12(15)8-7-9-13-4)11(3)10-18(16,17)6-2/h11,13H,5-10H2,1-4H3. The molecule has 1 atom stereocenters. The van der Waals surface area contributed by atoms with Gasteiger partial charge in [-0.2, -0.15) is 0 Å². The summed E-state index contributed by atoms with van der Waals surface area (Å²) in [5.41, 5.74) is 0. The molecule has 0 heterocycles. The Kier molecular flexibility index (Phi) is 8.18. The minimum atomic E-state index is -3.04. The first-order valence-electron chi connectivity index (χ1n) is 6.52. The van der Waals surface area contributed by atoms with Gasteiger partial charge in [-0.05, 0) is 33.9 Å². The number of rotatable bonds is 9. The van der Waals surface area contributed by atoms with Gasteiger partial charge in [0.1, 0.15) is 0 Å². The van der Waals surface area contributed by atoms with Crippen LogP contribution in [0.1, 0.15) is 33.6 Å². The predicted molar refractivity (Wildman–Crippen MR) is 74.3 cm³/mol. The molecule has 1 N–H and O–H groups in total. The van der Waals surface area contributed by atoms with Gasteiger partial charge in [0.2, 0.25) is 5.91 Å². The number of sulfone groups is 1. The van der Waals surface area contributed by atoms with E-state index >= 15 is 0 Å². The van der Waals surface area contributed by atoms with Crippen LogP contribution in [0.2, 0.25) is 0 Å². The number of hydrogen-bond donors (Lipinski definition) is 1. The minimum Gasteiger partial charge on any atom is -0.339 e. The predicted octanol–water partition coefficient (Wildman–Crippen LogP) is 0.658. The quantitative estimate of drug-likeness (QED) is 0.629. The van der Waals surface area contributed by atoms with Gasteiger partial charge in [-0.1, -0.05) is 6.92 Å². The lowest BCUT2D eigenvalue weighted by atomic mass is 10.2. The highest BCUT2D eigenvalue weighted by atomic mass is 32.2. The fourth-order valence-electron chi connectivity index (χ4n) is 1.87. The molecule has 0 aromatic heterocycles. The van der Waals surface area contributed by atoms with Crippen LogP contribution in [0.3, 0.4) is 0 Å². The molecule has 1 amide bonds. The summed E-state index contributed by atoms with van der Waals surface area (Å²) in [4.78, 5) is 13.6. The van der Waals surface area contributed by atoms with Crippen molar-refractivity contribution in [2.24, 2.45) is 0 Å². The lowest BCUT2D eigenvalue weighted by molar-refractivity contribution is -0.132. The molecule has 0 fully saturated rings. The number of carbonyl (C=O) groups excluding carboxylic acids is 1. The van der Waals surface area contributed by atoms with E-state index in [1.807, 2.05) is 14.0 Å². The summed E-state index contributed by atoms with van der Waals surface area (Å²) in [6.07, 6.45) is 1.24. The van der Waals surface area contributed by atoms with Crippen molar-refractivity contribution in [2.45, 2.75) is 39.7 Å². The zero-order valence-electron chi connectivity index (χ0n) is 11.9. The second kappa shape index (κ2) is 8.48. The van der Waals surface area contributed by atoms with E-state index in [0.29, 0.717) is 13.0 Å². The Labute approximate surface area is 111 Å². The van der Waals surface area contributed by atoms with Gasteiger partial charge in [0.25, 0.3) is 0 Å². The van der Waals surface area contributed by atoms with Crippen LogP contribution < -0.4 is 5.32 Å². The molecule has 0 saturated heterocycles. The third kappa shape index (κ3) is 6.35. The molecule has 5 nitrogen and oxygen atoms in total. The van der Waals surface area contributed by atoms with Crippen LogP contribution in [0.5, 0.6) is 0 Å². The van der Waals surface area contributed by atoms with Crippen LogP contribution in [0.15, 0.2) is 0 Å². The van der Waals surface area contributed by atoms with E-state index in [1.165, 1.54) is 0 Å². The number of carbonyl (C=O) groups is 1. The van der Waals surface area contributed by atoms with Crippen LogP contribution in [-0.2, 0) is 14.6 Å². The smallest absolute Gasteiger partial charge is 0.222 e. The van der Waals surface area contributed by atoms with Crippen LogP contribution in [0, 0.1) is 0 Å². The highest BCUT2D eigenvalue weighted by Gasteiger charge is 2.22. The monoisotopic (exact) mass is 278 g/mol. The topological polar surface area (TPSA) is 66.5 Å². The van der Waals surface area contributed by atoms with E-state index in [1.54, 1.807) is 18.7 Å². The molecule has 6 heteroatoms. The molecule has 0 aliphatic rings. The lowest BCUT2D eigenvalue weighted by Gasteiger charge is -2.28. The van der Waals surface area contributed by atoms with Gasteiger partial charge in [-0.15, -0.1) is 0 Å². The molecule has 18 heavy (non-hydrogen) atoms. The highest BCUT2D eigenvalue weighted by molar-refractivity contribution is 7.91. The second-order valence-corrected chi connectivity index (χ2v) is 6.83. The Morgan fingerprint density at radius 2 is 1.94 bits per heavy atom. The second-order valence-electron chi connectivity index (χ2n) is 4.43. The SMILES string of the molecule is CCN(C(=O)CCCNC)C(C)CS(=O)(=O)CC. The zero-order chi connectivity index (χ0) is 14.2. The van der Waals surface area contributed by atoms with Crippen LogP contribution in [0.4, 0.5) is 0 Å². The molecule has 0 aliphatic heterocycles. The van der Waals surface area contributed by atoms with E-state index in [2.05, 4.69) is 5.32 Å². The van der Waals surface area contributed by atoms with E-state index < -0.39 is 9.84 Å². The molecule has 0 aromatic carbocycles. The van der Waals surface area contributed by atoms with E-state index in [9.17, 15) is 13.2 Å². The average molecular weight is 278 g/mol. The molecule has 0 rings (SSSR count). The maximum Gasteiger partial charge on any atom is 0.222 e. The van der Waals surface area contributed by atoms with Crippen molar-refractivity contribution in [1.82, 2.24) is 10.2 Å². The van der Waals surface area contributed by atoms with Crippen molar-refractivity contribution in [1.29, 1.82) is 0 Å². The van der Waals surface area contributed by atoms with Crippen molar-refractivity contribution in [2.75, 3.05) is 31.6 Å². The first-order chi connectivity index (χ1) is 8.37. The summed E-state index contributed by atoms with van der Waals surface area (Å²) in [6, 6.07) is -0.248. The molecule has 0 saturated carbocycles. The van der Waals surface area contributed by atoms with Crippen molar-refractivity contribution < 1.29 is 13.2 Å². The van der Waals surface area contributed by atoms with Gasteiger partial charge in [0, 0.05) is 24.8 Å². The Morgan fingerprint density at radius 1 is 1.33 bits per heavy atom. The highest BCUT2D eigenvalue weighted by Crippen LogP contribution is 2.07. The Hall–Kier alpha value is -0.620. The molecule has 0 aromatic rings. The molecule has 0 spiro atoms. The lowest BCUT2D eigenvalue weighted by Crippen LogP contribution is -2.42. The van der Waals surface area contributed by atoms with Crippen LogP contribution in [-0.4, -0.2) is 56.9 Å². The fraction of sp³-hybridized carbons (Fsp3) is 0.917. The number of nitrogens with zero attached hydrogens (tertiary/aromatic N) is 1. The van der Waals surface area contributed by atoms with Crippen LogP contribution >= 0.6 is 0 Å². The van der Waals surface area contributed by atoms with Gasteiger partial charge < -0.3 is 10.2 Å². The minimum absolute atomic E-state index is 0.0338. The molecular weight excluding hydrogens is 252 g/mol. The number of amides is 1. The summed E-state index contributed by atoms with van der Waals surface area (Å²) >= 11 is 0. The summed E-state index contributed by atoms with van der Waals surface area (Å²) < 4.78 is 23.1. The number of nitrogens with one attached hydrogen (secondary N) is 1. The molecule has 108 valence electrons. The van der Waals surface area contributed by atoms with E-state index in [-0.39, 0.29) is 23.5 Å². The summed E-state index contributed by atoms with van der Waals surface area (Å²) in [5, 5.41) is 2.99. The largest absolute Gasteiger partial charge is 0.339 e. The third-order valence-corrected chi connectivity index (χ3v) is 4.82. The molecule has 0 radical (unpaired) electrons. The summed E-state index contributed by atoms with van der Waals surface area (Å²) in [7, 11) is -1.19. The van der Waals surface area contributed by atoms with Gasteiger partial charge in [-0.25, -0.2) is 8.42 Å². The van der Waals surface area contributed by atoms with Crippen molar-refractivity contribution in [3.05, 3.63) is 0 Å². The van der Waals surface area contributed by atoms with E-state index in [0.717, 1.165) is 13.0 Å². The first kappa shape index (κ1) is 17.4. The fourth-order valence-corrected chi connectivity index (χ4v) is 3.02. The normalized spacial score (nSPS) is 13.3. The maximum atomic E-state index is 12.0. The zero-order valence-corrected chi connectivity index (χ0v) is 12.7. The van der Waals surface area contributed by atoms with E-state index in [4.69, 9.17) is 0 Å². The number of hydrogen-bond acceptors (Lipinski definition) is 4. The Bertz CT molecular complexity index is 341. The summed E-state index contributed by atoms with van der Waals surface area (Å²) in [6.45, 7) is 6.66. The van der Waals surface area contributed by atoms with Crippen molar-refractivity contribution in [3.63, 3.8) is 0 Å². The first-order valence-corrected chi connectivity index (χ1v) is 8.34. The van der Waals surface area contributed by atoms with Gasteiger partial charge in [-0.3, -0.25) is 4.79 Å². The van der Waals surface area contributed by atoms with Gasteiger partial charge in [0.15, 0.2) is 9.84 Å². The molecule has 1 unspecified atom stereocenters. The van der Waals surface area contributed by atoms with Crippen molar-refractivity contribution in [3.8, 4) is 0 Å².